The van der Waals surface area contributed by atoms with E-state index in [0.717, 1.165) is 21.8 Å². The number of nitrogens with zero attached hydrogens (tertiary/aromatic N) is 3. The first kappa shape index (κ1) is 21.0. The average Bonchev–Trinajstić information content (AvgIpc) is 3.39. The predicted molar refractivity (Wildman–Crippen MR) is 117 cm³/mol. The lowest BCUT2D eigenvalue weighted by atomic mass is 10.1. The number of anilines is 1. The molecular formula is C21H19N5O3S2. The van der Waals surface area contributed by atoms with E-state index in [2.05, 4.69) is 9.71 Å². The Morgan fingerprint density at radius 3 is 2.87 bits per heavy atom. The Morgan fingerprint density at radius 2 is 2.13 bits per heavy atom. The minimum Gasteiger partial charge on any atom is -0.398 e. The van der Waals surface area contributed by atoms with Crippen LogP contribution in [0.2, 0.25) is 0 Å². The lowest BCUT2D eigenvalue weighted by molar-refractivity contribution is -0.129. The number of benzene rings is 1. The molecule has 1 aliphatic rings. The minimum atomic E-state index is -3.85. The second kappa shape index (κ2) is 8.47. The predicted octanol–water partition coefficient (Wildman–Crippen LogP) is 2.34. The third kappa shape index (κ3) is 4.44. The van der Waals surface area contributed by atoms with E-state index >= 15 is 0 Å². The summed E-state index contributed by atoms with van der Waals surface area (Å²) in [5, 5.41) is 9.07. The van der Waals surface area contributed by atoms with Crippen LogP contribution in [0.5, 0.6) is 0 Å². The highest BCUT2D eigenvalue weighted by Crippen LogP contribution is 2.30. The van der Waals surface area contributed by atoms with E-state index in [0.29, 0.717) is 29.8 Å². The second-order valence-corrected chi connectivity index (χ2v) is 10.1. The van der Waals surface area contributed by atoms with Gasteiger partial charge in [0.1, 0.15) is 10.3 Å². The fraction of sp³-hybridized carbons (Fsp3) is 0.190. The first-order chi connectivity index (χ1) is 14.9. The van der Waals surface area contributed by atoms with E-state index in [-0.39, 0.29) is 16.7 Å². The van der Waals surface area contributed by atoms with Gasteiger partial charge in [-0.05, 0) is 48.4 Å². The second-order valence-electron chi connectivity index (χ2n) is 7.11. The molecule has 0 unspecified atom stereocenters. The van der Waals surface area contributed by atoms with E-state index in [9.17, 15) is 13.2 Å². The summed E-state index contributed by atoms with van der Waals surface area (Å²) in [7, 11) is -3.85. The van der Waals surface area contributed by atoms with Gasteiger partial charge < -0.3 is 10.6 Å². The van der Waals surface area contributed by atoms with Gasteiger partial charge >= 0.3 is 0 Å². The number of hydrogen-bond donors (Lipinski definition) is 2. The molecule has 31 heavy (non-hydrogen) atoms. The standard InChI is InChI=1S/C21H19N5O3S2/c22-11-14-3-4-17(23)16(10-14)13-26-9-7-18(21(26)27)25-31(28,29)20-6-5-19(30-20)15-2-1-8-24-12-15/h1-6,8,10,12,18,25H,7,9,13,23H2/t18-/m0/s1. The zero-order valence-corrected chi connectivity index (χ0v) is 18.0. The molecule has 1 saturated heterocycles. The van der Waals surface area contributed by atoms with Gasteiger partial charge in [0.05, 0.1) is 11.6 Å². The third-order valence-electron chi connectivity index (χ3n) is 5.02. The number of nitrogen functional groups attached to an aromatic ring is 1. The number of nitriles is 1. The number of carbonyl (C=O) groups is 1. The molecule has 8 nitrogen and oxygen atoms in total. The normalized spacial score (nSPS) is 16.4. The van der Waals surface area contributed by atoms with Crippen molar-refractivity contribution in [3.63, 3.8) is 0 Å². The largest absolute Gasteiger partial charge is 0.398 e. The number of rotatable bonds is 6. The maximum Gasteiger partial charge on any atom is 0.250 e. The molecule has 3 N–H and O–H groups in total. The Kier molecular flexibility index (Phi) is 5.73. The molecule has 0 bridgehead atoms. The van der Waals surface area contributed by atoms with Gasteiger partial charge in [0, 0.05) is 41.6 Å². The Morgan fingerprint density at radius 1 is 1.29 bits per heavy atom. The van der Waals surface area contributed by atoms with Crippen molar-refractivity contribution in [1.29, 1.82) is 5.26 Å². The third-order valence-corrected chi connectivity index (χ3v) is 8.12. The van der Waals surface area contributed by atoms with Crippen molar-refractivity contribution in [3.8, 4) is 16.5 Å². The van der Waals surface area contributed by atoms with Gasteiger partial charge in [0.25, 0.3) is 10.0 Å². The van der Waals surface area contributed by atoms with Gasteiger partial charge in [-0.15, -0.1) is 11.3 Å². The SMILES string of the molecule is N#Cc1ccc(N)c(CN2CC[C@H](NS(=O)(=O)c3ccc(-c4cccnc4)s3)C2=O)c1. The number of likely N-dealkylation sites (tertiary alicyclic amines) is 1. The smallest absolute Gasteiger partial charge is 0.250 e. The lowest BCUT2D eigenvalue weighted by Crippen LogP contribution is -2.41. The van der Waals surface area contributed by atoms with Gasteiger partial charge in [-0.2, -0.15) is 9.98 Å². The van der Waals surface area contributed by atoms with Gasteiger partial charge in [-0.25, -0.2) is 8.42 Å². The molecule has 1 atom stereocenters. The van der Waals surface area contributed by atoms with Crippen LogP contribution in [0.3, 0.4) is 0 Å². The van der Waals surface area contributed by atoms with Crippen molar-refractivity contribution in [1.82, 2.24) is 14.6 Å². The molecule has 158 valence electrons. The summed E-state index contributed by atoms with van der Waals surface area (Å²) >= 11 is 1.12. The average molecular weight is 454 g/mol. The molecular weight excluding hydrogens is 434 g/mol. The highest BCUT2D eigenvalue weighted by molar-refractivity contribution is 7.91. The van der Waals surface area contributed by atoms with Gasteiger partial charge in [0.2, 0.25) is 5.91 Å². The monoisotopic (exact) mass is 453 g/mol. The molecule has 2 aromatic heterocycles. The summed E-state index contributed by atoms with van der Waals surface area (Å²) in [6.45, 7) is 0.621. The van der Waals surface area contributed by atoms with Crippen LogP contribution in [0.4, 0.5) is 5.69 Å². The van der Waals surface area contributed by atoms with E-state index in [4.69, 9.17) is 11.0 Å². The summed E-state index contributed by atoms with van der Waals surface area (Å²) in [5.74, 6) is -0.311. The Labute approximate surface area is 184 Å². The van der Waals surface area contributed by atoms with Gasteiger partial charge in [0.15, 0.2) is 0 Å². The van der Waals surface area contributed by atoms with Crippen LogP contribution in [0.1, 0.15) is 17.5 Å². The van der Waals surface area contributed by atoms with Gasteiger partial charge in [-0.1, -0.05) is 6.07 Å². The molecule has 0 spiro atoms. The lowest BCUT2D eigenvalue weighted by Gasteiger charge is -2.18. The number of hydrogen-bond acceptors (Lipinski definition) is 7. The number of nitrogens with one attached hydrogen (secondary N) is 1. The number of nitrogens with two attached hydrogens (primary N) is 1. The molecule has 4 rings (SSSR count). The Bertz CT molecular complexity index is 1270. The number of aromatic nitrogens is 1. The molecule has 0 aliphatic carbocycles. The fourth-order valence-corrected chi connectivity index (χ4v) is 5.93. The quantitative estimate of drug-likeness (QED) is 0.551. The highest BCUT2D eigenvalue weighted by Gasteiger charge is 2.35. The number of pyridine rings is 1. The molecule has 1 aromatic carbocycles. The molecule has 1 aliphatic heterocycles. The summed E-state index contributed by atoms with van der Waals surface area (Å²) in [4.78, 5) is 19.2. The highest BCUT2D eigenvalue weighted by atomic mass is 32.2. The van der Waals surface area contributed by atoms with Crippen molar-refractivity contribution in [2.24, 2.45) is 0 Å². The van der Waals surface area contributed by atoms with Crippen LogP contribution in [0, 0.1) is 11.3 Å². The van der Waals surface area contributed by atoms with Crippen molar-refractivity contribution in [3.05, 3.63) is 66.0 Å². The maximum absolute atomic E-state index is 12.8. The topological polar surface area (TPSA) is 129 Å². The molecule has 3 aromatic rings. The van der Waals surface area contributed by atoms with E-state index in [1.165, 1.54) is 6.07 Å². The maximum atomic E-state index is 12.8. The number of thiophene rings is 1. The van der Waals surface area contributed by atoms with E-state index in [1.54, 1.807) is 47.6 Å². The van der Waals surface area contributed by atoms with Crippen molar-refractivity contribution < 1.29 is 13.2 Å². The molecule has 1 amide bonds. The molecule has 0 saturated carbocycles. The van der Waals surface area contributed by atoms with Crippen LogP contribution in [-0.4, -0.2) is 36.8 Å². The first-order valence-corrected chi connectivity index (χ1v) is 11.8. The molecule has 1 fully saturated rings. The zero-order valence-electron chi connectivity index (χ0n) is 16.4. The Hall–Kier alpha value is -3.26. The number of sulfonamides is 1. The zero-order chi connectivity index (χ0) is 22.0. The molecule has 10 heteroatoms. The van der Waals surface area contributed by atoms with Crippen LogP contribution in [0.15, 0.2) is 59.1 Å². The summed E-state index contributed by atoms with van der Waals surface area (Å²) in [5.41, 5.74) is 8.40. The number of amides is 1. The van der Waals surface area contributed by atoms with Crippen molar-refractivity contribution >= 4 is 33.0 Å². The van der Waals surface area contributed by atoms with Crippen LogP contribution < -0.4 is 10.5 Å². The molecule has 0 radical (unpaired) electrons. The van der Waals surface area contributed by atoms with Crippen molar-refractivity contribution in [2.45, 2.75) is 23.2 Å². The fourth-order valence-electron chi connectivity index (χ4n) is 3.40. The summed E-state index contributed by atoms with van der Waals surface area (Å²) in [6.07, 6.45) is 3.68. The van der Waals surface area contributed by atoms with Gasteiger partial charge in [-0.3, -0.25) is 9.78 Å². The Balaban J connectivity index is 1.46. The van der Waals surface area contributed by atoms with Crippen LogP contribution in [-0.2, 0) is 21.4 Å². The van der Waals surface area contributed by atoms with Crippen molar-refractivity contribution in [2.75, 3.05) is 12.3 Å². The summed E-state index contributed by atoms with van der Waals surface area (Å²) < 4.78 is 28.3. The van der Waals surface area contributed by atoms with Crippen LogP contribution in [0.25, 0.3) is 10.4 Å². The van der Waals surface area contributed by atoms with E-state index in [1.807, 2.05) is 12.1 Å². The minimum absolute atomic E-state index is 0.142. The van der Waals surface area contributed by atoms with Crippen LogP contribution >= 0.6 is 11.3 Å². The first-order valence-electron chi connectivity index (χ1n) is 9.47. The number of carbonyl (C=O) groups excluding carboxylic acids is 1. The molecule has 3 heterocycles. The van der Waals surface area contributed by atoms with E-state index < -0.39 is 16.1 Å². The summed E-state index contributed by atoms with van der Waals surface area (Å²) in [6, 6.07) is 13.0.